The second-order valence-electron chi connectivity index (χ2n) is 3.42. The maximum absolute atomic E-state index is 5.70. The Kier molecular flexibility index (Phi) is 3.21. The van der Waals surface area contributed by atoms with Crippen LogP contribution in [0, 0.1) is 6.92 Å². The molecule has 0 atom stereocenters. The summed E-state index contributed by atoms with van der Waals surface area (Å²) < 4.78 is 8.03. The van der Waals surface area contributed by atoms with E-state index in [1.807, 2.05) is 25.1 Å². The first-order valence-corrected chi connectivity index (χ1v) is 6.48. The van der Waals surface area contributed by atoms with Gasteiger partial charge in [0, 0.05) is 15.4 Å². The number of benzene rings is 1. The van der Waals surface area contributed by atoms with Crippen LogP contribution in [0.1, 0.15) is 18.2 Å². The molecule has 1 heterocycles. The van der Waals surface area contributed by atoms with Gasteiger partial charge in [-0.25, -0.2) is 0 Å². The number of rotatable bonds is 1. The molecule has 2 aromatic rings. The van der Waals surface area contributed by atoms with Crippen LogP contribution in [0.4, 0.5) is 0 Å². The highest BCUT2D eigenvalue weighted by atomic mass is 127. The summed E-state index contributed by atoms with van der Waals surface area (Å²) in [5.74, 6) is 0.966. The molecule has 0 saturated heterocycles. The second kappa shape index (κ2) is 4.29. The Morgan fingerprint density at radius 1 is 1.47 bits per heavy atom. The molecular weight excluding hydrogens is 367 g/mol. The van der Waals surface area contributed by atoms with Crippen molar-refractivity contribution in [2.75, 3.05) is 0 Å². The molecule has 0 fully saturated rings. The number of halogens is 2. The molecule has 0 radical (unpaired) electrons. The number of hydrogen-bond acceptors (Lipinski definition) is 1. The summed E-state index contributed by atoms with van der Waals surface area (Å²) >= 11 is 5.87. The molecule has 1 nitrogen and oxygen atoms in total. The van der Waals surface area contributed by atoms with Gasteiger partial charge in [-0.2, -0.15) is 0 Å². The molecule has 0 aliphatic heterocycles. The van der Waals surface area contributed by atoms with Gasteiger partial charge in [0.05, 0.1) is 0 Å². The summed E-state index contributed by atoms with van der Waals surface area (Å²) in [5, 5.41) is 1.16. The van der Waals surface area contributed by atoms with Gasteiger partial charge >= 0.3 is 0 Å². The summed E-state index contributed by atoms with van der Waals surface area (Å²) in [6.45, 7) is 4.08. The third kappa shape index (κ3) is 2.13. The van der Waals surface area contributed by atoms with Gasteiger partial charge in [-0.3, -0.25) is 0 Å². The monoisotopic (exact) mass is 376 g/mol. The average molecular weight is 377 g/mol. The normalized spacial score (nSPS) is 12.4. The molecule has 0 spiro atoms. The van der Waals surface area contributed by atoms with Crippen molar-refractivity contribution in [2.24, 2.45) is 0 Å². The van der Waals surface area contributed by atoms with Crippen molar-refractivity contribution in [1.29, 1.82) is 0 Å². The summed E-state index contributed by atoms with van der Waals surface area (Å²) in [6.07, 6.45) is 2.15. The molecule has 0 aliphatic rings. The SMILES string of the molecule is C/C(I)=C\c1c(C)oc2cccc(Br)c12. The Labute approximate surface area is 111 Å². The van der Waals surface area contributed by atoms with Gasteiger partial charge in [0.25, 0.3) is 0 Å². The minimum atomic E-state index is 0.936. The summed E-state index contributed by atoms with van der Waals surface area (Å²) in [7, 11) is 0. The van der Waals surface area contributed by atoms with Crippen molar-refractivity contribution in [1.82, 2.24) is 0 Å². The zero-order chi connectivity index (χ0) is 11.0. The van der Waals surface area contributed by atoms with Gasteiger partial charge in [0.15, 0.2) is 0 Å². The quantitative estimate of drug-likeness (QED) is 0.615. The van der Waals surface area contributed by atoms with Crippen molar-refractivity contribution in [2.45, 2.75) is 13.8 Å². The van der Waals surface area contributed by atoms with Gasteiger partial charge in [-0.1, -0.05) is 22.0 Å². The minimum Gasteiger partial charge on any atom is -0.461 e. The lowest BCUT2D eigenvalue weighted by molar-refractivity contribution is 0.577. The lowest BCUT2D eigenvalue weighted by Crippen LogP contribution is -1.75. The highest BCUT2D eigenvalue weighted by Gasteiger charge is 2.11. The molecule has 0 amide bonds. The predicted molar refractivity (Wildman–Crippen MR) is 76.3 cm³/mol. The standard InChI is InChI=1S/C12H10BrIO/c1-7(14)6-9-8(2)15-11-5-3-4-10(13)12(9)11/h3-6H,1-2H3/b7-6+. The third-order valence-corrected chi connectivity index (χ3v) is 3.20. The van der Waals surface area contributed by atoms with E-state index in [9.17, 15) is 0 Å². The first kappa shape index (κ1) is 11.2. The van der Waals surface area contributed by atoms with Crippen LogP contribution in [0.3, 0.4) is 0 Å². The molecule has 2 rings (SSSR count). The molecule has 0 aliphatic carbocycles. The molecule has 0 saturated carbocycles. The smallest absolute Gasteiger partial charge is 0.136 e. The maximum Gasteiger partial charge on any atom is 0.136 e. The number of fused-ring (bicyclic) bond motifs is 1. The maximum atomic E-state index is 5.70. The molecule has 3 heteroatoms. The molecular formula is C12H10BrIO. The highest BCUT2D eigenvalue weighted by Crippen LogP contribution is 2.33. The Balaban J connectivity index is 2.82. The first-order valence-electron chi connectivity index (χ1n) is 4.61. The van der Waals surface area contributed by atoms with Crippen LogP contribution in [0.25, 0.3) is 17.0 Å². The molecule has 15 heavy (non-hydrogen) atoms. The summed E-state index contributed by atoms with van der Waals surface area (Å²) in [4.78, 5) is 0. The average Bonchev–Trinajstić information content (AvgIpc) is 2.43. The lowest BCUT2D eigenvalue weighted by atomic mass is 10.1. The van der Waals surface area contributed by atoms with Gasteiger partial charge in [0.1, 0.15) is 11.3 Å². The van der Waals surface area contributed by atoms with E-state index >= 15 is 0 Å². The fourth-order valence-electron chi connectivity index (χ4n) is 1.62. The van der Waals surface area contributed by atoms with Gasteiger partial charge in [0.2, 0.25) is 0 Å². The van der Waals surface area contributed by atoms with E-state index in [0.717, 1.165) is 21.2 Å². The van der Waals surface area contributed by atoms with E-state index in [2.05, 4.69) is 51.5 Å². The first-order chi connectivity index (χ1) is 7.09. The lowest BCUT2D eigenvalue weighted by Gasteiger charge is -1.95. The zero-order valence-electron chi connectivity index (χ0n) is 8.47. The van der Waals surface area contributed by atoms with Crippen LogP contribution in [-0.4, -0.2) is 0 Å². The number of hydrogen-bond donors (Lipinski definition) is 0. The van der Waals surface area contributed by atoms with Crippen molar-refractivity contribution in [3.63, 3.8) is 0 Å². The summed E-state index contributed by atoms with van der Waals surface area (Å²) in [5.41, 5.74) is 2.11. The fraction of sp³-hybridized carbons (Fsp3) is 0.167. The number of aryl methyl sites for hydroxylation is 1. The van der Waals surface area contributed by atoms with Gasteiger partial charge < -0.3 is 4.42 Å². The van der Waals surface area contributed by atoms with E-state index in [1.54, 1.807) is 0 Å². The van der Waals surface area contributed by atoms with Crippen molar-refractivity contribution >= 4 is 55.6 Å². The summed E-state index contributed by atoms with van der Waals surface area (Å²) in [6, 6.07) is 6.02. The van der Waals surface area contributed by atoms with Crippen LogP contribution in [0.5, 0.6) is 0 Å². The van der Waals surface area contributed by atoms with Crippen molar-refractivity contribution in [3.05, 3.63) is 37.6 Å². The van der Waals surface area contributed by atoms with Crippen molar-refractivity contribution in [3.8, 4) is 0 Å². The molecule has 0 N–H and O–H groups in total. The van der Waals surface area contributed by atoms with Crippen LogP contribution < -0.4 is 0 Å². The molecule has 0 bridgehead atoms. The topological polar surface area (TPSA) is 13.1 Å². The molecule has 78 valence electrons. The van der Waals surface area contributed by atoms with E-state index in [4.69, 9.17) is 4.42 Å². The highest BCUT2D eigenvalue weighted by molar-refractivity contribution is 14.1. The number of allylic oxidation sites excluding steroid dienone is 1. The van der Waals surface area contributed by atoms with E-state index in [-0.39, 0.29) is 0 Å². The van der Waals surface area contributed by atoms with E-state index < -0.39 is 0 Å². The molecule has 1 aromatic carbocycles. The number of furan rings is 1. The Morgan fingerprint density at radius 2 is 2.20 bits per heavy atom. The zero-order valence-corrected chi connectivity index (χ0v) is 12.2. The van der Waals surface area contributed by atoms with Crippen LogP contribution in [-0.2, 0) is 0 Å². The van der Waals surface area contributed by atoms with Crippen LogP contribution >= 0.6 is 38.5 Å². The minimum absolute atomic E-state index is 0.936. The molecule has 1 aromatic heterocycles. The van der Waals surface area contributed by atoms with Gasteiger partial charge in [-0.05, 0) is 58.2 Å². The van der Waals surface area contributed by atoms with E-state index in [1.165, 1.54) is 9.14 Å². The predicted octanol–water partition coefficient (Wildman–Crippen LogP) is 5.30. The Bertz CT molecular complexity index is 536. The van der Waals surface area contributed by atoms with Crippen LogP contribution in [0.2, 0.25) is 0 Å². The molecule has 0 unspecified atom stereocenters. The fourth-order valence-corrected chi connectivity index (χ4v) is 2.49. The second-order valence-corrected chi connectivity index (χ2v) is 5.97. The third-order valence-electron chi connectivity index (χ3n) is 2.23. The van der Waals surface area contributed by atoms with Crippen molar-refractivity contribution < 1.29 is 4.42 Å². The Morgan fingerprint density at radius 3 is 2.87 bits per heavy atom. The van der Waals surface area contributed by atoms with Gasteiger partial charge in [-0.15, -0.1) is 0 Å². The largest absolute Gasteiger partial charge is 0.461 e. The van der Waals surface area contributed by atoms with E-state index in [0.29, 0.717) is 0 Å². The Hall–Kier alpha value is -0.290. The van der Waals surface area contributed by atoms with Crippen LogP contribution in [0.15, 0.2) is 30.7 Å².